The molecule has 0 bridgehead atoms. The maximum Gasteiger partial charge on any atom is 0.415 e. The summed E-state index contributed by atoms with van der Waals surface area (Å²) in [6, 6.07) is -0.783. The van der Waals surface area contributed by atoms with Crippen LogP contribution in [0.3, 0.4) is 0 Å². The molecule has 1 aliphatic heterocycles. The minimum Gasteiger partial charge on any atom is -0.464 e. The number of ether oxygens (including phenoxy) is 3. The molecule has 7 nitrogen and oxygen atoms in total. The van der Waals surface area contributed by atoms with Crippen LogP contribution in [0, 0.1) is 0 Å². The fraction of sp³-hybridized carbons (Fsp3) is 0.667. The van der Waals surface area contributed by atoms with Gasteiger partial charge >= 0.3 is 18.0 Å². The molecule has 0 fully saturated rings. The van der Waals surface area contributed by atoms with E-state index in [9.17, 15) is 14.4 Å². The van der Waals surface area contributed by atoms with E-state index in [1.165, 1.54) is 13.1 Å². The lowest BCUT2D eigenvalue weighted by Crippen LogP contribution is -2.46. The van der Waals surface area contributed by atoms with E-state index in [4.69, 9.17) is 14.2 Å². The van der Waals surface area contributed by atoms with Crippen LogP contribution in [0.2, 0.25) is 0 Å². The van der Waals surface area contributed by atoms with Crippen molar-refractivity contribution in [2.75, 3.05) is 6.61 Å². The first-order chi connectivity index (χ1) is 10.1. The minimum absolute atomic E-state index is 0.220. The molecule has 0 aromatic rings. The molecule has 22 heavy (non-hydrogen) atoms. The third-order valence-electron chi connectivity index (χ3n) is 2.72. The Hall–Kier alpha value is -2.05. The van der Waals surface area contributed by atoms with Gasteiger partial charge in [0.15, 0.2) is 0 Å². The van der Waals surface area contributed by atoms with E-state index in [1.54, 1.807) is 27.7 Å². The second-order valence-electron chi connectivity index (χ2n) is 5.88. The van der Waals surface area contributed by atoms with Crippen molar-refractivity contribution < 1.29 is 28.6 Å². The number of esters is 2. The summed E-state index contributed by atoms with van der Waals surface area (Å²) in [7, 11) is 0. The Labute approximate surface area is 130 Å². The highest BCUT2D eigenvalue weighted by Crippen LogP contribution is 2.25. The van der Waals surface area contributed by atoms with E-state index in [-0.39, 0.29) is 6.61 Å². The molecule has 0 aromatic heterocycles. The molecule has 7 heteroatoms. The molecule has 0 spiro atoms. The van der Waals surface area contributed by atoms with Crippen molar-refractivity contribution in [2.24, 2.45) is 0 Å². The second-order valence-corrected chi connectivity index (χ2v) is 5.88. The lowest BCUT2D eigenvalue weighted by Gasteiger charge is -2.33. The zero-order valence-electron chi connectivity index (χ0n) is 13.7. The maximum absolute atomic E-state index is 12.3. The molecule has 0 unspecified atom stereocenters. The maximum atomic E-state index is 12.3. The van der Waals surface area contributed by atoms with Crippen molar-refractivity contribution in [3.63, 3.8) is 0 Å². The van der Waals surface area contributed by atoms with Crippen LogP contribution in [0.15, 0.2) is 12.0 Å². The average Bonchev–Trinajstić information content (AvgIpc) is 2.36. The Kier molecular flexibility index (Phi) is 5.96. The van der Waals surface area contributed by atoms with Crippen molar-refractivity contribution in [2.45, 2.75) is 59.1 Å². The van der Waals surface area contributed by atoms with Gasteiger partial charge in [-0.15, -0.1) is 0 Å². The van der Waals surface area contributed by atoms with Crippen LogP contribution >= 0.6 is 0 Å². The molecule has 1 atom stereocenters. The largest absolute Gasteiger partial charge is 0.464 e. The highest BCUT2D eigenvalue weighted by atomic mass is 16.6. The Balaban J connectivity index is 2.99. The Morgan fingerprint density at radius 2 is 1.95 bits per heavy atom. The van der Waals surface area contributed by atoms with Gasteiger partial charge in [0, 0.05) is 19.5 Å². The summed E-state index contributed by atoms with van der Waals surface area (Å²) in [4.78, 5) is 36.4. The van der Waals surface area contributed by atoms with Crippen LogP contribution in [-0.2, 0) is 23.8 Å². The molecule has 1 amide bonds. The van der Waals surface area contributed by atoms with E-state index in [2.05, 4.69) is 0 Å². The van der Waals surface area contributed by atoms with Crippen molar-refractivity contribution in [1.29, 1.82) is 0 Å². The predicted octanol–water partition coefficient (Wildman–Crippen LogP) is 2.35. The Morgan fingerprint density at radius 1 is 1.32 bits per heavy atom. The third-order valence-corrected chi connectivity index (χ3v) is 2.72. The van der Waals surface area contributed by atoms with Crippen molar-refractivity contribution in [1.82, 2.24) is 4.90 Å². The number of hydrogen-bond acceptors (Lipinski definition) is 6. The SMILES string of the molecule is CCOC(=O)[C@@H]1CCC(OC(C)=O)=CN1C(=O)OC(C)(C)C. The summed E-state index contributed by atoms with van der Waals surface area (Å²) < 4.78 is 15.3. The lowest BCUT2D eigenvalue weighted by atomic mass is 10.1. The van der Waals surface area contributed by atoms with Gasteiger partial charge in [0.1, 0.15) is 17.4 Å². The van der Waals surface area contributed by atoms with Gasteiger partial charge in [-0.2, -0.15) is 0 Å². The number of hydrogen-bond donors (Lipinski definition) is 0. The molecule has 1 heterocycles. The van der Waals surface area contributed by atoms with E-state index < -0.39 is 29.7 Å². The van der Waals surface area contributed by atoms with Crippen LogP contribution in [0.4, 0.5) is 4.79 Å². The van der Waals surface area contributed by atoms with Gasteiger partial charge in [-0.1, -0.05) is 0 Å². The summed E-state index contributed by atoms with van der Waals surface area (Å²) in [5.41, 5.74) is -0.705. The van der Waals surface area contributed by atoms with E-state index in [0.717, 1.165) is 4.90 Å². The first-order valence-electron chi connectivity index (χ1n) is 7.21. The van der Waals surface area contributed by atoms with Crippen LogP contribution in [-0.4, -0.2) is 41.2 Å². The molecule has 0 N–H and O–H groups in total. The van der Waals surface area contributed by atoms with E-state index in [0.29, 0.717) is 18.6 Å². The Morgan fingerprint density at radius 3 is 2.45 bits per heavy atom. The molecule has 124 valence electrons. The molecule has 0 saturated carbocycles. The minimum atomic E-state index is -0.783. The van der Waals surface area contributed by atoms with Crippen molar-refractivity contribution in [3.05, 3.63) is 12.0 Å². The smallest absolute Gasteiger partial charge is 0.415 e. The second kappa shape index (κ2) is 7.29. The fourth-order valence-corrected chi connectivity index (χ4v) is 1.95. The monoisotopic (exact) mass is 313 g/mol. The normalized spacial score (nSPS) is 18.3. The van der Waals surface area contributed by atoms with E-state index in [1.807, 2.05) is 0 Å². The zero-order chi connectivity index (χ0) is 16.9. The molecule has 1 rings (SSSR count). The van der Waals surface area contributed by atoms with Crippen molar-refractivity contribution in [3.8, 4) is 0 Å². The molecular formula is C15H23NO6. The fourth-order valence-electron chi connectivity index (χ4n) is 1.95. The first kappa shape index (κ1) is 18.0. The van der Waals surface area contributed by atoms with Gasteiger partial charge in [-0.3, -0.25) is 9.69 Å². The summed E-state index contributed by atoms with van der Waals surface area (Å²) in [6.07, 6.45) is 1.31. The first-order valence-corrected chi connectivity index (χ1v) is 7.21. The van der Waals surface area contributed by atoms with Crippen LogP contribution in [0.5, 0.6) is 0 Å². The van der Waals surface area contributed by atoms with Crippen LogP contribution in [0.25, 0.3) is 0 Å². The number of allylic oxidation sites excluding steroid dienone is 1. The standard InChI is InChI=1S/C15H23NO6/c1-6-20-13(18)12-8-7-11(21-10(2)17)9-16(12)14(19)22-15(3,4)5/h9,12H,6-8H2,1-5H3/t12-/m0/s1. The van der Waals surface area contributed by atoms with Gasteiger partial charge in [0.25, 0.3) is 0 Å². The van der Waals surface area contributed by atoms with Gasteiger partial charge in [-0.05, 0) is 34.1 Å². The lowest BCUT2D eigenvalue weighted by molar-refractivity contribution is -0.149. The van der Waals surface area contributed by atoms with Crippen LogP contribution in [0.1, 0.15) is 47.5 Å². The van der Waals surface area contributed by atoms with Gasteiger partial charge in [0.2, 0.25) is 0 Å². The summed E-state index contributed by atoms with van der Waals surface area (Å²) in [5, 5.41) is 0. The summed E-state index contributed by atoms with van der Waals surface area (Å²) >= 11 is 0. The third kappa shape index (κ3) is 5.38. The van der Waals surface area contributed by atoms with Crippen LogP contribution < -0.4 is 0 Å². The van der Waals surface area contributed by atoms with Gasteiger partial charge < -0.3 is 14.2 Å². The number of amides is 1. The molecule has 1 aliphatic rings. The number of nitrogens with zero attached hydrogens (tertiary/aromatic N) is 1. The quantitative estimate of drug-likeness (QED) is 0.587. The summed E-state index contributed by atoms with van der Waals surface area (Å²) in [6.45, 7) is 8.37. The number of rotatable bonds is 3. The molecular weight excluding hydrogens is 290 g/mol. The molecule has 0 radical (unpaired) electrons. The average molecular weight is 313 g/mol. The Bertz CT molecular complexity index is 477. The topological polar surface area (TPSA) is 82.1 Å². The van der Waals surface area contributed by atoms with Gasteiger partial charge in [0.05, 0.1) is 6.61 Å². The zero-order valence-corrected chi connectivity index (χ0v) is 13.7. The molecule has 0 aromatic carbocycles. The van der Waals surface area contributed by atoms with Crippen molar-refractivity contribution >= 4 is 18.0 Å². The molecule has 0 saturated heterocycles. The summed E-state index contributed by atoms with van der Waals surface area (Å²) in [5.74, 6) is -0.671. The highest BCUT2D eigenvalue weighted by molar-refractivity contribution is 5.82. The number of carbonyl (C=O) groups excluding carboxylic acids is 3. The predicted molar refractivity (Wildman–Crippen MR) is 77.6 cm³/mol. The number of carbonyl (C=O) groups is 3. The molecule has 0 aliphatic carbocycles. The van der Waals surface area contributed by atoms with Gasteiger partial charge in [-0.25, -0.2) is 9.59 Å². The highest BCUT2D eigenvalue weighted by Gasteiger charge is 2.36. The van der Waals surface area contributed by atoms with E-state index >= 15 is 0 Å².